The fourth-order valence-electron chi connectivity index (χ4n) is 4.55. The quantitative estimate of drug-likeness (QED) is 0.858. The van der Waals surface area contributed by atoms with Crippen molar-refractivity contribution in [2.75, 3.05) is 31.1 Å². The molecule has 2 aromatic rings. The van der Waals surface area contributed by atoms with E-state index in [4.69, 9.17) is 0 Å². The van der Waals surface area contributed by atoms with Gasteiger partial charge in [0.1, 0.15) is 0 Å². The second-order valence-electron chi connectivity index (χ2n) is 7.77. The Kier molecular flexibility index (Phi) is 5.05. The van der Waals surface area contributed by atoms with E-state index in [1.165, 1.54) is 0 Å². The molecule has 0 bridgehead atoms. The van der Waals surface area contributed by atoms with Crippen molar-refractivity contribution >= 4 is 11.9 Å². The predicted octanol–water partition coefficient (Wildman–Crippen LogP) is 1.69. The molecule has 0 saturated carbocycles. The van der Waals surface area contributed by atoms with Gasteiger partial charge in [-0.25, -0.2) is 14.8 Å². The summed E-state index contributed by atoms with van der Waals surface area (Å²) in [5, 5.41) is 13.9. The SMILES string of the molecule is CCn1nc(C(=O)O)c2c1CC[C@@H](N1CCN(c3nc(C)cc(C)n3)CC1)C2. The Balaban J connectivity index is 1.45. The Labute approximate surface area is 165 Å². The molecule has 2 aromatic heterocycles. The van der Waals surface area contributed by atoms with E-state index >= 15 is 0 Å². The minimum Gasteiger partial charge on any atom is -0.476 e. The summed E-state index contributed by atoms with van der Waals surface area (Å²) in [7, 11) is 0. The van der Waals surface area contributed by atoms with Gasteiger partial charge in [0.25, 0.3) is 0 Å². The molecular weight excluding hydrogens is 356 g/mol. The van der Waals surface area contributed by atoms with Crippen molar-refractivity contribution in [2.24, 2.45) is 0 Å². The second-order valence-corrected chi connectivity index (χ2v) is 7.77. The molecular formula is C20H28N6O2. The third-order valence-electron chi connectivity index (χ3n) is 5.91. The molecule has 0 radical (unpaired) electrons. The molecule has 1 saturated heterocycles. The van der Waals surface area contributed by atoms with Crippen LogP contribution in [0.3, 0.4) is 0 Å². The van der Waals surface area contributed by atoms with Crippen molar-refractivity contribution in [3.05, 3.63) is 34.4 Å². The molecule has 28 heavy (non-hydrogen) atoms. The third kappa shape index (κ3) is 3.48. The minimum absolute atomic E-state index is 0.240. The number of carboxylic acids is 1. The summed E-state index contributed by atoms with van der Waals surface area (Å²) in [5.74, 6) is -0.0960. The summed E-state index contributed by atoms with van der Waals surface area (Å²) in [6, 6.07) is 2.37. The van der Waals surface area contributed by atoms with E-state index < -0.39 is 5.97 Å². The third-order valence-corrected chi connectivity index (χ3v) is 5.91. The molecule has 0 amide bonds. The van der Waals surface area contributed by atoms with Crippen molar-refractivity contribution in [3.63, 3.8) is 0 Å². The molecule has 2 aliphatic rings. The van der Waals surface area contributed by atoms with E-state index in [2.05, 4.69) is 24.9 Å². The predicted molar refractivity (Wildman–Crippen MR) is 106 cm³/mol. The van der Waals surface area contributed by atoms with Gasteiger partial charge in [0.05, 0.1) is 0 Å². The molecule has 1 N–H and O–H groups in total. The number of rotatable bonds is 4. The van der Waals surface area contributed by atoms with Gasteiger partial charge in [-0.05, 0) is 46.1 Å². The van der Waals surface area contributed by atoms with Gasteiger partial charge in [-0.2, -0.15) is 5.10 Å². The summed E-state index contributed by atoms with van der Waals surface area (Å²) in [6.45, 7) is 10.4. The Morgan fingerprint density at radius 1 is 1.18 bits per heavy atom. The smallest absolute Gasteiger partial charge is 0.356 e. The van der Waals surface area contributed by atoms with Gasteiger partial charge >= 0.3 is 5.97 Å². The molecule has 150 valence electrons. The Bertz CT molecular complexity index is 865. The molecule has 1 fully saturated rings. The summed E-state index contributed by atoms with van der Waals surface area (Å²) >= 11 is 0. The molecule has 0 aromatic carbocycles. The first-order chi connectivity index (χ1) is 13.5. The highest BCUT2D eigenvalue weighted by Gasteiger charge is 2.33. The standard InChI is InChI=1S/C20H28N6O2/c1-4-26-17-6-5-15(12-16(17)18(23-26)19(27)28)24-7-9-25(10-8-24)20-21-13(2)11-14(3)22-20/h11,15H,4-10,12H2,1-3H3,(H,27,28)/t15-/m1/s1. The van der Waals surface area contributed by atoms with Crippen molar-refractivity contribution in [1.82, 2.24) is 24.6 Å². The number of hydrogen-bond acceptors (Lipinski definition) is 6. The van der Waals surface area contributed by atoms with Gasteiger partial charge in [-0.1, -0.05) is 0 Å². The van der Waals surface area contributed by atoms with Crippen molar-refractivity contribution < 1.29 is 9.90 Å². The zero-order chi connectivity index (χ0) is 19.8. The molecule has 1 aliphatic heterocycles. The second kappa shape index (κ2) is 7.50. The van der Waals surface area contributed by atoms with Crippen LogP contribution < -0.4 is 4.90 Å². The van der Waals surface area contributed by atoms with Crippen LogP contribution in [-0.4, -0.2) is 67.9 Å². The van der Waals surface area contributed by atoms with Crippen LogP contribution >= 0.6 is 0 Å². The maximum absolute atomic E-state index is 11.6. The fraction of sp³-hybridized carbons (Fsp3) is 0.600. The highest BCUT2D eigenvalue weighted by atomic mass is 16.4. The van der Waals surface area contributed by atoms with E-state index in [1.54, 1.807) is 0 Å². The summed E-state index contributed by atoms with van der Waals surface area (Å²) in [4.78, 5) is 25.6. The molecule has 4 rings (SSSR count). The van der Waals surface area contributed by atoms with Crippen LogP contribution in [0.2, 0.25) is 0 Å². The molecule has 0 unspecified atom stereocenters. The van der Waals surface area contributed by atoms with Crippen LogP contribution in [0.5, 0.6) is 0 Å². The first-order valence-electron chi connectivity index (χ1n) is 10.1. The average Bonchev–Trinajstić information content (AvgIpc) is 3.05. The van der Waals surface area contributed by atoms with Gasteiger partial charge in [0.2, 0.25) is 5.95 Å². The van der Waals surface area contributed by atoms with Gasteiger partial charge in [0, 0.05) is 61.4 Å². The fourth-order valence-corrected chi connectivity index (χ4v) is 4.55. The number of carboxylic acid groups (broad SMARTS) is 1. The van der Waals surface area contributed by atoms with Crippen LogP contribution in [0, 0.1) is 13.8 Å². The first-order valence-corrected chi connectivity index (χ1v) is 10.1. The van der Waals surface area contributed by atoms with Crippen LogP contribution in [0.4, 0.5) is 5.95 Å². The largest absolute Gasteiger partial charge is 0.476 e. The monoisotopic (exact) mass is 384 g/mol. The van der Waals surface area contributed by atoms with Gasteiger partial charge in [0.15, 0.2) is 5.69 Å². The van der Waals surface area contributed by atoms with Crippen LogP contribution in [0.15, 0.2) is 6.07 Å². The van der Waals surface area contributed by atoms with Gasteiger partial charge in [-0.3, -0.25) is 9.58 Å². The lowest BCUT2D eigenvalue weighted by molar-refractivity contribution is 0.0687. The minimum atomic E-state index is -0.916. The molecule has 1 aliphatic carbocycles. The molecule has 3 heterocycles. The summed E-state index contributed by atoms with van der Waals surface area (Å²) in [6.07, 6.45) is 2.73. The number of anilines is 1. The average molecular weight is 384 g/mol. The number of carbonyl (C=O) groups is 1. The van der Waals surface area contributed by atoms with Crippen molar-refractivity contribution in [3.8, 4) is 0 Å². The molecule has 0 spiro atoms. The maximum Gasteiger partial charge on any atom is 0.356 e. The first kappa shape index (κ1) is 18.9. The lowest BCUT2D eigenvalue weighted by Gasteiger charge is -2.40. The van der Waals surface area contributed by atoms with E-state index in [1.807, 2.05) is 31.5 Å². The highest BCUT2D eigenvalue weighted by molar-refractivity contribution is 5.87. The molecule has 8 heteroatoms. The van der Waals surface area contributed by atoms with Crippen molar-refractivity contribution in [2.45, 2.75) is 52.6 Å². The lowest BCUT2D eigenvalue weighted by Crippen LogP contribution is -2.52. The number of aryl methyl sites for hydroxylation is 3. The van der Waals surface area contributed by atoms with Crippen LogP contribution in [0.25, 0.3) is 0 Å². The number of aromatic carboxylic acids is 1. The number of fused-ring (bicyclic) bond motifs is 1. The number of hydrogen-bond donors (Lipinski definition) is 1. The maximum atomic E-state index is 11.6. The highest BCUT2D eigenvalue weighted by Crippen LogP contribution is 2.28. The Hall–Kier alpha value is -2.48. The lowest BCUT2D eigenvalue weighted by atomic mass is 9.90. The van der Waals surface area contributed by atoms with E-state index in [0.717, 1.165) is 80.6 Å². The number of nitrogens with zero attached hydrogens (tertiary/aromatic N) is 6. The van der Waals surface area contributed by atoms with Crippen molar-refractivity contribution in [1.29, 1.82) is 0 Å². The van der Waals surface area contributed by atoms with Crippen LogP contribution in [-0.2, 0) is 19.4 Å². The zero-order valence-corrected chi connectivity index (χ0v) is 16.9. The van der Waals surface area contributed by atoms with E-state index in [-0.39, 0.29) is 5.69 Å². The topological polar surface area (TPSA) is 87.4 Å². The van der Waals surface area contributed by atoms with Crippen LogP contribution in [0.1, 0.15) is 46.5 Å². The normalized spacial score (nSPS) is 20.2. The number of piperazine rings is 1. The van der Waals surface area contributed by atoms with E-state index in [0.29, 0.717) is 6.04 Å². The molecule has 1 atom stereocenters. The van der Waals surface area contributed by atoms with Gasteiger partial charge in [-0.15, -0.1) is 0 Å². The van der Waals surface area contributed by atoms with E-state index in [9.17, 15) is 9.90 Å². The van der Waals surface area contributed by atoms with Gasteiger partial charge < -0.3 is 10.0 Å². The Morgan fingerprint density at radius 3 is 2.46 bits per heavy atom. The summed E-state index contributed by atoms with van der Waals surface area (Å²) in [5.41, 5.74) is 4.28. The Morgan fingerprint density at radius 2 is 1.86 bits per heavy atom. The zero-order valence-electron chi connectivity index (χ0n) is 16.9. The number of aromatic nitrogens is 4. The summed E-state index contributed by atoms with van der Waals surface area (Å²) < 4.78 is 1.87. The molecule has 8 nitrogen and oxygen atoms in total.